The Morgan fingerprint density at radius 2 is 1.76 bits per heavy atom. The lowest BCUT2D eigenvalue weighted by molar-refractivity contribution is -0.137. The number of amides is 3. The van der Waals surface area contributed by atoms with E-state index < -0.39 is 23.9 Å². The number of nitrogens with one attached hydrogen (secondary N) is 2. The van der Waals surface area contributed by atoms with Crippen molar-refractivity contribution < 1.29 is 19.5 Å². The van der Waals surface area contributed by atoms with Gasteiger partial charge in [0.25, 0.3) is 0 Å². The number of rotatable bonds is 8. The van der Waals surface area contributed by atoms with Gasteiger partial charge in [0.15, 0.2) is 0 Å². The minimum Gasteiger partial charge on any atom is -0.481 e. The number of aliphatic carboxylic acids is 1. The summed E-state index contributed by atoms with van der Waals surface area (Å²) in [5.41, 5.74) is 5.02. The average Bonchev–Trinajstić information content (AvgIpc) is 2.31. The lowest BCUT2D eigenvalue weighted by Crippen LogP contribution is -2.47. The molecule has 0 rings (SSSR count). The second-order valence-corrected chi connectivity index (χ2v) is 6.31. The van der Waals surface area contributed by atoms with Gasteiger partial charge in [-0.1, -0.05) is 20.8 Å². The molecule has 5 N–H and O–H groups in total. The molecule has 0 fully saturated rings. The fourth-order valence-corrected chi connectivity index (χ4v) is 1.99. The first-order chi connectivity index (χ1) is 9.54. The molecule has 0 aliphatic heterocycles. The zero-order valence-corrected chi connectivity index (χ0v) is 13.2. The molecular formula is C14H27N3O4. The predicted octanol–water partition coefficient (Wildman–Crippen LogP) is 1.08. The highest BCUT2D eigenvalue weighted by molar-refractivity contribution is 5.85. The van der Waals surface area contributed by atoms with Crippen molar-refractivity contribution >= 4 is 17.9 Å². The normalized spacial score (nSPS) is 14.1. The smallest absolute Gasteiger partial charge is 0.315 e. The number of carboxylic acids is 1. The van der Waals surface area contributed by atoms with Crippen molar-refractivity contribution in [3.8, 4) is 0 Å². The molecule has 0 saturated carbocycles. The van der Waals surface area contributed by atoms with Crippen molar-refractivity contribution in [2.24, 2.45) is 17.1 Å². The number of carbonyl (C=O) groups excluding carboxylic acids is 2. The number of hydrogen-bond donors (Lipinski definition) is 4. The van der Waals surface area contributed by atoms with Gasteiger partial charge >= 0.3 is 12.0 Å². The molecule has 2 unspecified atom stereocenters. The van der Waals surface area contributed by atoms with E-state index in [9.17, 15) is 14.4 Å². The highest BCUT2D eigenvalue weighted by Gasteiger charge is 2.25. The van der Waals surface area contributed by atoms with Crippen LogP contribution in [0.25, 0.3) is 0 Å². The zero-order valence-electron chi connectivity index (χ0n) is 13.2. The van der Waals surface area contributed by atoms with E-state index in [1.54, 1.807) is 0 Å². The monoisotopic (exact) mass is 301 g/mol. The van der Waals surface area contributed by atoms with Crippen LogP contribution in [0.15, 0.2) is 0 Å². The van der Waals surface area contributed by atoms with Crippen molar-refractivity contribution in [3.63, 3.8) is 0 Å². The quantitative estimate of drug-likeness (QED) is 0.536. The lowest BCUT2D eigenvalue weighted by atomic mass is 9.76. The maximum atomic E-state index is 11.5. The minimum atomic E-state index is -0.815. The van der Waals surface area contributed by atoms with E-state index in [4.69, 9.17) is 10.8 Å². The Balaban J connectivity index is 4.22. The van der Waals surface area contributed by atoms with Gasteiger partial charge in [0, 0.05) is 13.0 Å². The van der Waals surface area contributed by atoms with Gasteiger partial charge in [0.1, 0.15) is 6.04 Å². The number of carboxylic acid groups (broad SMARTS) is 1. The van der Waals surface area contributed by atoms with Gasteiger partial charge in [0.05, 0.1) is 0 Å². The van der Waals surface area contributed by atoms with Crippen molar-refractivity contribution in [1.29, 1.82) is 0 Å². The summed E-state index contributed by atoms with van der Waals surface area (Å²) in [6.45, 7) is 8.07. The first-order valence-electron chi connectivity index (χ1n) is 7.09. The number of nitrogens with two attached hydrogens (primary N) is 1. The van der Waals surface area contributed by atoms with E-state index in [-0.39, 0.29) is 17.8 Å². The molecule has 0 radical (unpaired) electrons. The maximum Gasteiger partial charge on any atom is 0.315 e. The van der Waals surface area contributed by atoms with Crippen LogP contribution in [0, 0.1) is 11.3 Å². The van der Waals surface area contributed by atoms with E-state index in [1.165, 1.54) is 6.92 Å². The molecule has 7 heteroatoms. The summed E-state index contributed by atoms with van der Waals surface area (Å²) in [5.74, 6) is -1.23. The molecular weight excluding hydrogens is 274 g/mol. The van der Waals surface area contributed by atoms with Gasteiger partial charge in [-0.2, -0.15) is 0 Å². The second kappa shape index (κ2) is 8.49. The molecule has 2 atom stereocenters. The summed E-state index contributed by atoms with van der Waals surface area (Å²) in [5, 5.41) is 13.8. The molecule has 0 aromatic carbocycles. The van der Waals surface area contributed by atoms with E-state index in [0.29, 0.717) is 19.4 Å². The average molecular weight is 301 g/mol. The van der Waals surface area contributed by atoms with E-state index in [0.717, 1.165) is 0 Å². The van der Waals surface area contributed by atoms with E-state index in [2.05, 4.69) is 31.4 Å². The molecule has 3 amide bonds. The van der Waals surface area contributed by atoms with Gasteiger partial charge < -0.3 is 21.5 Å². The van der Waals surface area contributed by atoms with E-state index >= 15 is 0 Å². The van der Waals surface area contributed by atoms with E-state index in [1.807, 2.05) is 0 Å². The number of urea groups is 1. The largest absolute Gasteiger partial charge is 0.481 e. The summed E-state index contributed by atoms with van der Waals surface area (Å²) in [4.78, 5) is 33.0. The summed E-state index contributed by atoms with van der Waals surface area (Å²) in [6.07, 6.45) is 1.36. The van der Waals surface area contributed by atoms with Gasteiger partial charge in [0.2, 0.25) is 5.91 Å². The molecule has 21 heavy (non-hydrogen) atoms. The number of carbonyl (C=O) groups is 3. The fraction of sp³-hybridized carbons (Fsp3) is 0.786. The van der Waals surface area contributed by atoms with Crippen LogP contribution < -0.4 is 16.4 Å². The molecule has 0 spiro atoms. The van der Waals surface area contributed by atoms with Gasteiger partial charge in [-0.15, -0.1) is 0 Å². The lowest BCUT2D eigenvalue weighted by Gasteiger charge is -2.30. The molecule has 0 aromatic rings. The van der Waals surface area contributed by atoms with Crippen molar-refractivity contribution in [2.45, 2.75) is 53.0 Å². The topological polar surface area (TPSA) is 122 Å². The van der Waals surface area contributed by atoms with Crippen LogP contribution in [0.4, 0.5) is 4.79 Å². The first kappa shape index (κ1) is 19.2. The van der Waals surface area contributed by atoms with Gasteiger partial charge in [-0.25, -0.2) is 4.79 Å². The summed E-state index contributed by atoms with van der Waals surface area (Å²) < 4.78 is 0. The SMILES string of the molecule is CC(NC(=O)NCCC(CCC(=O)O)C(C)(C)C)C(N)=O. The van der Waals surface area contributed by atoms with Crippen molar-refractivity contribution in [2.75, 3.05) is 6.54 Å². The molecule has 0 aliphatic carbocycles. The molecule has 0 aliphatic rings. The zero-order chi connectivity index (χ0) is 16.6. The van der Waals surface area contributed by atoms with Gasteiger partial charge in [-0.3, -0.25) is 9.59 Å². The minimum absolute atomic E-state index is 0.0336. The summed E-state index contributed by atoms with van der Waals surface area (Å²) in [7, 11) is 0. The van der Waals surface area contributed by atoms with Crippen LogP contribution in [0.3, 0.4) is 0 Å². The Morgan fingerprint density at radius 3 is 2.19 bits per heavy atom. The number of primary amides is 1. The molecule has 0 aromatic heterocycles. The standard InChI is InChI=1S/C14H27N3O4/c1-9(12(15)20)17-13(21)16-8-7-10(14(2,3)4)5-6-11(18)19/h9-10H,5-8H2,1-4H3,(H2,15,20)(H,18,19)(H2,16,17,21). The van der Waals surface area contributed by atoms with Crippen LogP contribution in [-0.4, -0.2) is 35.6 Å². The third-order valence-corrected chi connectivity index (χ3v) is 3.48. The molecule has 7 nitrogen and oxygen atoms in total. The third kappa shape index (κ3) is 8.88. The Labute approximate surface area is 125 Å². The first-order valence-corrected chi connectivity index (χ1v) is 7.09. The molecule has 0 bridgehead atoms. The predicted molar refractivity (Wildman–Crippen MR) is 79.6 cm³/mol. The van der Waals surface area contributed by atoms with Crippen LogP contribution in [0.1, 0.15) is 47.0 Å². The Kier molecular flexibility index (Phi) is 7.76. The maximum absolute atomic E-state index is 11.5. The van der Waals surface area contributed by atoms with Gasteiger partial charge in [-0.05, 0) is 31.1 Å². The van der Waals surface area contributed by atoms with Crippen LogP contribution in [0.2, 0.25) is 0 Å². The van der Waals surface area contributed by atoms with Crippen LogP contribution >= 0.6 is 0 Å². The number of hydrogen-bond acceptors (Lipinski definition) is 3. The van der Waals surface area contributed by atoms with Crippen LogP contribution in [0.5, 0.6) is 0 Å². The summed E-state index contributed by atoms with van der Waals surface area (Å²) in [6, 6.07) is -1.18. The Morgan fingerprint density at radius 1 is 1.19 bits per heavy atom. The molecule has 0 heterocycles. The second-order valence-electron chi connectivity index (χ2n) is 6.31. The third-order valence-electron chi connectivity index (χ3n) is 3.48. The Hall–Kier alpha value is -1.79. The highest BCUT2D eigenvalue weighted by atomic mass is 16.4. The van der Waals surface area contributed by atoms with Crippen LogP contribution in [-0.2, 0) is 9.59 Å². The molecule has 0 saturated heterocycles. The van der Waals surface area contributed by atoms with Crippen molar-refractivity contribution in [3.05, 3.63) is 0 Å². The highest BCUT2D eigenvalue weighted by Crippen LogP contribution is 2.32. The Bertz CT molecular complexity index is 377. The van der Waals surface area contributed by atoms with Crippen molar-refractivity contribution in [1.82, 2.24) is 10.6 Å². The molecule has 122 valence electrons. The summed E-state index contributed by atoms with van der Waals surface area (Å²) >= 11 is 0. The fourth-order valence-electron chi connectivity index (χ4n) is 1.99.